The van der Waals surface area contributed by atoms with E-state index >= 15 is 0 Å². The van der Waals surface area contributed by atoms with Crippen LogP contribution in [0.5, 0.6) is 0 Å². The van der Waals surface area contributed by atoms with E-state index in [1.165, 1.54) is 0 Å². The van der Waals surface area contributed by atoms with Crippen molar-refractivity contribution >= 4 is 5.91 Å². The second-order valence-corrected chi connectivity index (χ2v) is 4.99. The number of carbonyl (C=O) groups excluding carboxylic acids is 1. The van der Waals surface area contributed by atoms with Crippen molar-refractivity contribution in [1.29, 1.82) is 0 Å². The Bertz CT molecular complexity index is 272. The van der Waals surface area contributed by atoms with Crippen molar-refractivity contribution in [2.75, 3.05) is 19.7 Å². The molecule has 0 radical (unpaired) electrons. The van der Waals surface area contributed by atoms with Gasteiger partial charge in [0.05, 0.1) is 12.0 Å². The zero-order chi connectivity index (χ0) is 10.4. The van der Waals surface area contributed by atoms with Crippen molar-refractivity contribution < 1.29 is 9.53 Å². The third-order valence-electron chi connectivity index (χ3n) is 4.11. The van der Waals surface area contributed by atoms with Gasteiger partial charge in [0.2, 0.25) is 5.91 Å². The summed E-state index contributed by atoms with van der Waals surface area (Å²) in [4.78, 5) is 11.9. The molecular weight excluding hydrogens is 192 g/mol. The Morgan fingerprint density at radius 3 is 2.73 bits per heavy atom. The highest BCUT2D eigenvalue weighted by molar-refractivity contribution is 5.80. The van der Waals surface area contributed by atoms with Gasteiger partial charge in [-0.05, 0) is 25.2 Å². The molecular formula is C11H18N2O2. The van der Waals surface area contributed by atoms with Crippen molar-refractivity contribution in [3.05, 3.63) is 0 Å². The van der Waals surface area contributed by atoms with Crippen LogP contribution in [0.2, 0.25) is 0 Å². The molecule has 84 valence electrons. The first-order valence-electron chi connectivity index (χ1n) is 5.90. The lowest BCUT2D eigenvalue weighted by molar-refractivity contribution is -0.126. The zero-order valence-corrected chi connectivity index (χ0v) is 9.03. The van der Waals surface area contributed by atoms with E-state index in [0.717, 1.165) is 26.1 Å². The molecule has 4 heteroatoms. The Morgan fingerprint density at radius 1 is 1.40 bits per heavy atom. The van der Waals surface area contributed by atoms with Gasteiger partial charge in [-0.1, -0.05) is 0 Å². The fourth-order valence-corrected chi connectivity index (χ4v) is 2.98. The Morgan fingerprint density at radius 2 is 2.13 bits per heavy atom. The molecule has 1 saturated carbocycles. The maximum absolute atomic E-state index is 11.9. The molecule has 3 aliphatic rings. The fourth-order valence-electron chi connectivity index (χ4n) is 2.98. The Balaban J connectivity index is 1.53. The SMILES string of the molecule is CC1OCCC1C(=O)NC1C2CNCC21. The van der Waals surface area contributed by atoms with E-state index in [2.05, 4.69) is 10.6 Å². The number of amides is 1. The molecule has 3 rings (SSSR count). The number of rotatable bonds is 2. The van der Waals surface area contributed by atoms with Crippen molar-refractivity contribution in [1.82, 2.24) is 10.6 Å². The lowest BCUT2D eigenvalue weighted by atomic mass is 10.0. The summed E-state index contributed by atoms with van der Waals surface area (Å²) < 4.78 is 5.41. The van der Waals surface area contributed by atoms with Crippen LogP contribution in [0.3, 0.4) is 0 Å². The van der Waals surface area contributed by atoms with Crippen LogP contribution in [0.1, 0.15) is 13.3 Å². The number of piperidine rings is 1. The third-order valence-corrected chi connectivity index (χ3v) is 4.11. The maximum Gasteiger partial charge on any atom is 0.226 e. The van der Waals surface area contributed by atoms with Crippen LogP contribution < -0.4 is 10.6 Å². The molecule has 0 aromatic carbocycles. The largest absolute Gasteiger partial charge is 0.378 e. The molecule has 4 unspecified atom stereocenters. The summed E-state index contributed by atoms with van der Waals surface area (Å²) in [5.74, 6) is 1.69. The molecule has 3 fully saturated rings. The summed E-state index contributed by atoms with van der Waals surface area (Å²) in [6.45, 7) is 4.88. The Hall–Kier alpha value is -0.610. The minimum atomic E-state index is 0.0827. The molecule has 4 atom stereocenters. The van der Waals surface area contributed by atoms with Gasteiger partial charge in [-0.3, -0.25) is 4.79 Å². The molecule has 15 heavy (non-hydrogen) atoms. The predicted molar refractivity (Wildman–Crippen MR) is 55.3 cm³/mol. The lowest BCUT2D eigenvalue weighted by Crippen LogP contribution is -2.38. The Labute approximate surface area is 89.7 Å². The highest BCUT2D eigenvalue weighted by Crippen LogP contribution is 2.41. The molecule has 4 nitrogen and oxygen atoms in total. The number of carbonyl (C=O) groups is 1. The average Bonchev–Trinajstić information content (AvgIpc) is 2.66. The van der Waals surface area contributed by atoms with Crippen LogP contribution in [0.4, 0.5) is 0 Å². The molecule has 1 amide bonds. The minimum Gasteiger partial charge on any atom is -0.378 e. The van der Waals surface area contributed by atoms with Gasteiger partial charge < -0.3 is 15.4 Å². The number of hydrogen-bond acceptors (Lipinski definition) is 3. The summed E-state index contributed by atoms with van der Waals surface area (Å²) in [7, 11) is 0. The summed E-state index contributed by atoms with van der Waals surface area (Å²) in [6, 6.07) is 0.451. The van der Waals surface area contributed by atoms with E-state index in [1.54, 1.807) is 0 Å². The minimum absolute atomic E-state index is 0.0827. The van der Waals surface area contributed by atoms with Gasteiger partial charge in [0.25, 0.3) is 0 Å². The van der Waals surface area contributed by atoms with Crippen LogP contribution in [-0.4, -0.2) is 37.7 Å². The summed E-state index contributed by atoms with van der Waals surface area (Å²) in [6.07, 6.45) is 0.981. The number of nitrogens with one attached hydrogen (secondary N) is 2. The van der Waals surface area contributed by atoms with E-state index in [0.29, 0.717) is 17.9 Å². The van der Waals surface area contributed by atoms with Crippen molar-refractivity contribution in [3.8, 4) is 0 Å². The first-order chi connectivity index (χ1) is 7.27. The zero-order valence-electron chi connectivity index (χ0n) is 9.03. The molecule has 2 aliphatic heterocycles. The van der Waals surface area contributed by atoms with Gasteiger partial charge in [0, 0.05) is 25.7 Å². The van der Waals surface area contributed by atoms with E-state index < -0.39 is 0 Å². The molecule has 2 N–H and O–H groups in total. The standard InChI is InChI=1S/C11H18N2O2/c1-6-7(2-3-15-6)11(14)13-10-8-4-12-5-9(8)10/h6-10,12H,2-5H2,1H3,(H,13,14). The number of fused-ring (bicyclic) bond motifs is 1. The van der Waals surface area contributed by atoms with E-state index in [-0.39, 0.29) is 17.9 Å². The van der Waals surface area contributed by atoms with Gasteiger partial charge in [-0.2, -0.15) is 0 Å². The highest BCUT2D eigenvalue weighted by atomic mass is 16.5. The average molecular weight is 210 g/mol. The normalized spacial score (nSPS) is 47.7. The topological polar surface area (TPSA) is 50.4 Å². The first kappa shape index (κ1) is 9.60. The van der Waals surface area contributed by atoms with Gasteiger partial charge in [-0.15, -0.1) is 0 Å². The highest BCUT2D eigenvalue weighted by Gasteiger charge is 2.54. The van der Waals surface area contributed by atoms with Crippen molar-refractivity contribution in [2.45, 2.75) is 25.5 Å². The second kappa shape index (κ2) is 3.46. The molecule has 0 aromatic rings. The van der Waals surface area contributed by atoms with Crippen LogP contribution in [-0.2, 0) is 9.53 Å². The number of ether oxygens (including phenoxy) is 1. The number of hydrogen-bond donors (Lipinski definition) is 2. The fraction of sp³-hybridized carbons (Fsp3) is 0.909. The second-order valence-electron chi connectivity index (χ2n) is 4.99. The summed E-state index contributed by atoms with van der Waals surface area (Å²) >= 11 is 0. The third kappa shape index (κ3) is 1.56. The predicted octanol–water partition coefficient (Wildman–Crippen LogP) is -0.255. The smallest absolute Gasteiger partial charge is 0.226 e. The van der Waals surface area contributed by atoms with Gasteiger partial charge >= 0.3 is 0 Å². The van der Waals surface area contributed by atoms with E-state index in [4.69, 9.17) is 4.74 Å². The molecule has 1 aliphatic carbocycles. The molecule has 0 bridgehead atoms. The van der Waals surface area contributed by atoms with Crippen molar-refractivity contribution in [2.24, 2.45) is 17.8 Å². The quantitative estimate of drug-likeness (QED) is 0.660. The van der Waals surface area contributed by atoms with Crippen LogP contribution in [0.25, 0.3) is 0 Å². The monoisotopic (exact) mass is 210 g/mol. The van der Waals surface area contributed by atoms with Gasteiger partial charge in [0.1, 0.15) is 0 Å². The lowest BCUT2D eigenvalue weighted by Gasteiger charge is -2.15. The Kier molecular flexibility index (Phi) is 2.21. The van der Waals surface area contributed by atoms with E-state index in [1.807, 2.05) is 6.92 Å². The first-order valence-corrected chi connectivity index (χ1v) is 5.90. The van der Waals surface area contributed by atoms with Crippen molar-refractivity contribution in [3.63, 3.8) is 0 Å². The van der Waals surface area contributed by atoms with Gasteiger partial charge in [0.15, 0.2) is 0 Å². The van der Waals surface area contributed by atoms with Crippen LogP contribution >= 0.6 is 0 Å². The molecule has 0 aromatic heterocycles. The van der Waals surface area contributed by atoms with Crippen LogP contribution in [0.15, 0.2) is 0 Å². The van der Waals surface area contributed by atoms with E-state index in [9.17, 15) is 4.79 Å². The molecule has 2 saturated heterocycles. The maximum atomic E-state index is 11.9. The molecule has 2 heterocycles. The molecule has 0 spiro atoms. The summed E-state index contributed by atoms with van der Waals surface area (Å²) in [5.41, 5.74) is 0. The summed E-state index contributed by atoms with van der Waals surface area (Å²) in [5, 5.41) is 6.50. The van der Waals surface area contributed by atoms with Gasteiger partial charge in [-0.25, -0.2) is 0 Å². The van der Waals surface area contributed by atoms with Crippen LogP contribution in [0, 0.1) is 17.8 Å².